The monoisotopic (exact) mass is 225 g/mol. The third-order valence-corrected chi connectivity index (χ3v) is 2.01. The quantitative estimate of drug-likeness (QED) is 0.736. The predicted octanol–water partition coefficient (Wildman–Crippen LogP) is 0.00240. The molecular weight excluding hydrogens is 210 g/mol. The number of methoxy groups -OCH3 is 2. The maximum atomic E-state index is 11.6. The van der Waals surface area contributed by atoms with Crippen molar-refractivity contribution in [2.75, 3.05) is 26.1 Å². The highest BCUT2D eigenvalue weighted by molar-refractivity contribution is 5.95. The van der Waals surface area contributed by atoms with Crippen LogP contribution in [0.5, 0.6) is 5.88 Å². The van der Waals surface area contributed by atoms with Crippen LogP contribution in [0, 0.1) is 0 Å². The smallest absolute Gasteiger partial charge is 0.254 e. The molecule has 1 rings (SSSR count). The van der Waals surface area contributed by atoms with Crippen molar-refractivity contribution >= 4 is 11.6 Å². The highest BCUT2D eigenvalue weighted by Gasteiger charge is 2.17. The molecule has 0 fully saturated rings. The van der Waals surface area contributed by atoms with Crippen LogP contribution in [0.3, 0.4) is 0 Å². The molecule has 0 bridgehead atoms. The van der Waals surface area contributed by atoms with Gasteiger partial charge in [0, 0.05) is 19.9 Å². The van der Waals surface area contributed by atoms with Crippen LogP contribution >= 0.6 is 0 Å². The van der Waals surface area contributed by atoms with E-state index in [1.807, 2.05) is 0 Å². The number of nitrogens with one attached hydrogen (secondary N) is 1. The van der Waals surface area contributed by atoms with E-state index in [0.29, 0.717) is 11.6 Å². The average Bonchev–Trinajstić information content (AvgIpc) is 2.31. The second-order valence-corrected chi connectivity index (χ2v) is 3.01. The Morgan fingerprint density at radius 2 is 2.38 bits per heavy atom. The van der Waals surface area contributed by atoms with E-state index in [4.69, 9.17) is 15.2 Å². The van der Waals surface area contributed by atoms with Crippen LogP contribution in [0.25, 0.3) is 0 Å². The number of pyridine rings is 1. The summed E-state index contributed by atoms with van der Waals surface area (Å²) in [6, 6.07) is 3.38. The minimum Gasteiger partial charge on any atom is -0.480 e. The van der Waals surface area contributed by atoms with Crippen molar-refractivity contribution in [1.82, 2.24) is 4.98 Å². The number of hydrogen-bond donors (Lipinski definition) is 2. The van der Waals surface area contributed by atoms with Gasteiger partial charge < -0.3 is 20.5 Å². The Bertz CT molecular complexity index is 353. The van der Waals surface area contributed by atoms with E-state index in [-0.39, 0.29) is 12.5 Å². The van der Waals surface area contributed by atoms with E-state index < -0.39 is 6.10 Å². The molecule has 88 valence electrons. The number of aromatic nitrogens is 1. The van der Waals surface area contributed by atoms with Gasteiger partial charge in [-0.2, -0.15) is 0 Å². The van der Waals surface area contributed by atoms with Crippen LogP contribution in [0.1, 0.15) is 0 Å². The number of ether oxygens (including phenoxy) is 2. The van der Waals surface area contributed by atoms with Crippen molar-refractivity contribution in [3.8, 4) is 5.88 Å². The molecule has 0 saturated heterocycles. The molecule has 0 aliphatic heterocycles. The Kier molecular flexibility index (Phi) is 4.68. The van der Waals surface area contributed by atoms with E-state index in [1.54, 1.807) is 18.3 Å². The van der Waals surface area contributed by atoms with Gasteiger partial charge in [0.2, 0.25) is 5.88 Å². The third-order valence-electron chi connectivity index (χ3n) is 2.01. The first-order valence-corrected chi connectivity index (χ1v) is 4.75. The molecule has 0 aromatic carbocycles. The number of nitrogens with zero attached hydrogens (tertiary/aromatic N) is 1. The van der Waals surface area contributed by atoms with Crippen LogP contribution in [0.2, 0.25) is 0 Å². The summed E-state index contributed by atoms with van der Waals surface area (Å²) in [7, 11) is 2.91. The van der Waals surface area contributed by atoms with Crippen LogP contribution in [-0.4, -0.2) is 37.8 Å². The van der Waals surface area contributed by atoms with Gasteiger partial charge in [0.25, 0.3) is 5.91 Å². The predicted molar refractivity (Wildman–Crippen MR) is 59.3 cm³/mol. The highest BCUT2D eigenvalue weighted by atomic mass is 16.5. The Morgan fingerprint density at radius 3 is 2.94 bits per heavy atom. The van der Waals surface area contributed by atoms with Crippen molar-refractivity contribution in [3.63, 3.8) is 0 Å². The summed E-state index contributed by atoms with van der Waals surface area (Å²) in [6.07, 6.45) is 0.899. The van der Waals surface area contributed by atoms with Gasteiger partial charge in [-0.15, -0.1) is 0 Å². The fourth-order valence-corrected chi connectivity index (χ4v) is 1.17. The highest BCUT2D eigenvalue weighted by Crippen LogP contribution is 2.19. The number of amides is 1. The number of rotatable bonds is 5. The van der Waals surface area contributed by atoms with Gasteiger partial charge in [0.15, 0.2) is 0 Å². The van der Waals surface area contributed by atoms with Crippen molar-refractivity contribution in [1.29, 1.82) is 0 Å². The lowest BCUT2D eigenvalue weighted by atomic mass is 10.3. The SMILES string of the molecule is COc1ncccc1NC(=O)C(CN)OC. The van der Waals surface area contributed by atoms with Crippen LogP contribution in [0.15, 0.2) is 18.3 Å². The lowest BCUT2D eigenvalue weighted by Gasteiger charge is -2.14. The van der Waals surface area contributed by atoms with Crippen molar-refractivity contribution < 1.29 is 14.3 Å². The standard InChI is InChI=1S/C10H15N3O3/c1-15-8(6-11)9(14)13-7-4-3-5-12-10(7)16-2/h3-5,8H,6,11H2,1-2H3,(H,13,14). The molecule has 1 atom stereocenters. The lowest BCUT2D eigenvalue weighted by Crippen LogP contribution is -2.36. The van der Waals surface area contributed by atoms with Crippen molar-refractivity contribution in [2.24, 2.45) is 5.73 Å². The molecule has 1 heterocycles. The Morgan fingerprint density at radius 1 is 1.62 bits per heavy atom. The second kappa shape index (κ2) is 6.04. The normalized spacial score (nSPS) is 11.9. The van der Waals surface area contributed by atoms with Gasteiger partial charge in [-0.25, -0.2) is 4.98 Å². The molecule has 1 aromatic heterocycles. The van der Waals surface area contributed by atoms with E-state index in [1.165, 1.54) is 14.2 Å². The molecule has 6 heteroatoms. The zero-order chi connectivity index (χ0) is 12.0. The number of nitrogens with two attached hydrogens (primary N) is 1. The molecule has 0 saturated carbocycles. The Hall–Kier alpha value is -1.66. The number of carbonyl (C=O) groups is 1. The maximum absolute atomic E-state index is 11.6. The van der Waals surface area contributed by atoms with Crippen molar-refractivity contribution in [2.45, 2.75) is 6.10 Å². The van der Waals surface area contributed by atoms with Gasteiger partial charge >= 0.3 is 0 Å². The largest absolute Gasteiger partial charge is 0.480 e. The fraction of sp³-hybridized carbons (Fsp3) is 0.400. The Balaban J connectivity index is 2.76. The molecule has 0 aliphatic carbocycles. The fourth-order valence-electron chi connectivity index (χ4n) is 1.17. The third kappa shape index (κ3) is 2.91. The molecule has 6 nitrogen and oxygen atoms in total. The Labute approximate surface area is 93.8 Å². The first-order chi connectivity index (χ1) is 7.72. The summed E-state index contributed by atoms with van der Waals surface area (Å²) in [5.41, 5.74) is 5.87. The van der Waals surface area contributed by atoms with Crippen LogP contribution in [-0.2, 0) is 9.53 Å². The summed E-state index contributed by atoms with van der Waals surface area (Å²) < 4.78 is 9.90. The summed E-state index contributed by atoms with van der Waals surface area (Å²) in [6.45, 7) is 0.116. The molecule has 1 aromatic rings. The topological polar surface area (TPSA) is 86.5 Å². The van der Waals surface area contributed by atoms with Gasteiger partial charge in [-0.3, -0.25) is 4.79 Å². The molecule has 3 N–H and O–H groups in total. The van der Waals surface area contributed by atoms with E-state index in [0.717, 1.165) is 0 Å². The molecule has 1 unspecified atom stereocenters. The number of carbonyl (C=O) groups excluding carboxylic acids is 1. The van der Waals surface area contributed by atoms with Crippen LogP contribution < -0.4 is 15.8 Å². The second-order valence-electron chi connectivity index (χ2n) is 3.01. The molecule has 0 spiro atoms. The number of anilines is 1. The minimum atomic E-state index is -0.676. The molecule has 1 amide bonds. The van der Waals surface area contributed by atoms with Gasteiger partial charge in [-0.05, 0) is 12.1 Å². The molecule has 0 aliphatic rings. The van der Waals surface area contributed by atoms with E-state index in [9.17, 15) is 4.79 Å². The maximum Gasteiger partial charge on any atom is 0.254 e. The van der Waals surface area contributed by atoms with Gasteiger partial charge in [0.1, 0.15) is 11.8 Å². The molecule has 16 heavy (non-hydrogen) atoms. The van der Waals surface area contributed by atoms with Crippen LogP contribution in [0.4, 0.5) is 5.69 Å². The zero-order valence-electron chi connectivity index (χ0n) is 9.27. The summed E-state index contributed by atoms with van der Waals surface area (Å²) in [5, 5.41) is 2.63. The summed E-state index contributed by atoms with van der Waals surface area (Å²) >= 11 is 0. The van der Waals surface area contributed by atoms with E-state index in [2.05, 4.69) is 10.3 Å². The first-order valence-electron chi connectivity index (χ1n) is 4.75. The average molecular weight is 225 g/mol. The van der Waals surface area contributed by atoms with Gasteiger partial charge in [0.05, 0.1) is 7.11 Å². The number of hydrogen-bond acceptors (Lipinski definition) is 5. The first kappa shape index (κ1) is 12.4. The van der Waals surface area contributed by atoms with E-state index >= 15 is 0 Å². The minimum absolute atomic E-state index is 0.116. The zero-order valence-corrected chi connectivity index (χ0v) is 9.27. The summed E-state index contributed by atoms with van der Waals surface area (Å²) in [5.74, 6) is 0.0269. The van der Waals surface area contributed by atoms with Gasteiger partial charge in [-0.1, -0.05) is 0 Å². The van der Waals surface area contributed by atoms with Crippen molar-refractivity contribution in [3.05, 3.63) is 18.3 Å². The molecule has 0 radical (unpaired) electrons. The molecular formula is C10H15N3O3. The lowest BCUT2D eigenvalue weighted by molar-refractivity contribution is -0.125. The summed E-state index contributed by atoms with van der Waals surface area (Å²) in [4.78, 5) is 15.6.